The third-order valence-corrected chi connectivity index (χ3v) is 9.25. The molecule has 3 rings (SSSR count). The van der Waals surface area contributed by atoms with Crippen LogP contribution in [0.3, 0.4) is 0 Å². The van der Waals surface area contributed by atoms with Crippen molar-refractivity contribution < 1.29 is 4.43 Å². The van der Waals surface area contributed by atoms with Crippen molar-refractivity contribution in [1.29, 1.82) is 0 Å². The third-order valence-electron chi connectivity index (χ3n) is 5.61. The molecular weight excluding hydrogens is 320 g/mol. The van der Waals surface area contributed by atoms with Gasteiger partial charge in [-0.05, 0) is 54.9 Å². The van der Waals surface area contributed by atoms with Gasteiger partial charge in [0.1, 0.15) is 0 Å². The summed E-state index contributed by atoms with van der Waals surface area (Å²) in [7, 11) is -2.18. The van der Waals surface area contributed by atoms with Crippen LogP contribution in [0.15, 0.2) is 73.3 Å². The van der Waals surface area contributed by atoms with E-state index in [1.165, 1.54) is 42.5 Å². The molecule has 0 aromatic heterocycles. The highest BCUT2D eigenvalue weighted by atomic mass is 28.4. The second-order valence-corrected chi connectivity index (χ2v) is 10.8. The zero-order valence-corrected chi connectivity index (χ0v) is 16.4. The minimum atomic E-state index is -2.18. The summed E-state index contributed by atoms with van der Waals surface area (Å²) in [5.41, 5.74) is 0. The van der Waals surface area contributed by atoms with Crippen LogP contribution < -0.4 is 10.4 Å². The van der Waals surface area contributed by atoms with Crippen LogP contribution >= 0.6 is 0 Å². The molecule has 132 valence electrons. The minimum absolute atomic E-state index is 0.405. The van der Waals surface area contributed by atoms with Crippen LogP contribution in [0.25, 0.3) is 0 Å². The molecule has 0 N–H and O–H groups in total. The molecule has 0 aliphatic heterocycles. The summed E-state index contributed by atoms with van der Waals surface area (Å²) in [6, 6.07) is 21.8. The van der Waals surface area contributed by atoms with Gasteiger partial charge in [0.05, 0.1) is 0 Å². The van der Waals surface area contributed by atoms with E-state index in [1.54, 1.807) is 0 Å². The van der Waals surface area contributed by atoms with E-state index in [2.05, 4.69) is 73.8 Å². The van der Waals surface area contributed by atoms with E-state index in [1.807, 2.05) is 6.08 Å². The Hall–Kier alpha value is -1.64. The Labute approximate surface area is 153 Å². The molecule has 25 heavy (non-hydrogen) atoms. The second-order valence-electron chi connectivity index (χ2n) is 7.33. The summed E-state index contributed by atoms with van der Waals surface area (Å²) in [6.07, 6.45) is 9.90. The van der Waals surface area contributed by atoms with Gasteiger partial charge < -0.3 is 4.43 Å². The predicted molar refractivity (Wildman–Crippen MR) is 110 cm³/mol. The van der Waals surface area contributed by atoms with Gasteiger partial charge in [-0.1, -0.05) is 73.2 Å². The fraction of sp³-hybridized carbons (Fsp3) is 0.391. The smallest absolute Gasteiger partial charge is 0.253 e. The lowest BCUT2D eigenvalue weighted by atomic mass is 9.99. The SMILES string of the molecule is C=CCCCC1CCCC1O[Si](C)(c1ccccc1)c1ccccc1. The van der Waals surface area contributed by atoms with Crippen molar-refractivity contribution in [2.24, 2.45) is 5.92 Å². The summed E-state index contributed by atoms with van der Waals surface area (Å²) >= 11 is 0. The first-order chi connectivity index (χ1) is 12.2. The van der Waals surface area contributed by atoms with E-state index in [0.29, 0.717) is 12.0 Å². The Kier molecular flexibility index (Phi) is 6.27. The summed E-state index contributed by atoms with van der Waals surface area (Å²) in [4.78, 5) is 0. The lowest BCUT2D eigenvalue weighted by Gasteiger charge is -2.34. The first kappa shape index (κ1) is 18.2. The molecule has 0 spiro atoms. The van der Waals surface area contributed by atoms with Crippen molar-refractivity contribution in [2.75, 3.05) is 0 Å². The number of benzene rings is 2. The topological polar surface area (TPSA) is 9.23 Å². The molecule has 0 radical (unpaired) electrons. The molecule has 0 bridgehead atoms. The van der Waals surface area contributed by atoms with Crippen molar-refractivity contribution in [1.82, 2.24) is 0 Å². The van der Waals surface area contributed by atoms with E-state index >= 15 is 0 Å². The number of allylic oxidation sites excluding steroid dienone is 1. The van der Waals surface area contributed by atoms with Crippen molar-refractivity contribution in [3.63, 3.8) is 0 Å². The van der Waals surface area contributed by atoms with Crippen LogP contribution in [0.1, 0.15) is 38.5 Å². The summed E-state index contributed by atoms with van der Waals surface area (Å²) in [5, 5.41) is 2.75. The quantitative estimate of drug-likeness (QED) is 0.373. The lowest BCUT2D eigenvalue weighted by molar-refractivity contribution is 0.149. The van der Waals surface area contributed by atoms with Crippen LogP contribution in [0.4, 0.5) is 0 Å². The maximum absolute atomic E-state index is 7.03. The minimum Gasteiger partial charge on any atom is -0.405 e. The second kappa shape index (κ2) is 8.64. The molecule has 0 amide bonds. The van der Waals surface area contributed by atoms with Gasteiger partial charge in [0.2, 0.25) is 0 Å². The molecule has 1 saturated carbocycles. The van der Waals surface area contributed by atoms with E-state index in [0.717, 1.165) is 6.42 Å². The summed E-state index contributed by atoms with van der Waals surface area (Å²) in [6.45, 7) is 6.23. The first-order valence-corrected chi connectivity index (χ1v) is 12.0. The van der Waals surface area contributed by atoms with Gasteiger partial charge in [-0.3, -0.25) is 0 Å². The molecule has 1 nitrogen and oxygen atoms in total. The Morgan fingerprint density at radius 2 is 1.60 bits per heavy atom. The average Bonchev–Trinajstić information content (AvgIpc) is 3.10. The maximum atomic E-state index is 7.03. The van der Waals surface area contributed by atoms with Crippen LogP contribution in [0.5, 0.6) is 0 Å². The Bertz CT molecular complexity index is 613. The number of hydrogen-bond acceptors (Lipinski definition) is 1. The predicted octanol–water partition coefficient (Wildman–Crippen LogP) is 4.92. The van der Waals surface area contributed by atoms with E-state index < -0.39 is 8.32 Å². The molecule has 1 fully saturated rings. The molecule has 2 unspecified atom stereocenters. The van der Waals surface area contributed by atoms with Gasteiger partial charge in [0.25, 0.3) is 8.32 Å². The first-order valence-electron chi connectivity index (χ1n) is 9.64. The Balaban J connectivity index is 1.84. The van der Waals surface area contributed by atoms with Gasteiger partial charge in [-0.15, -0.1) is 6.58 Å². The average molecular weight is 351 g/mol. The van der Waals surface area contributed by atoms with Gasteiger partial charge in [0.15, 0.2) is 0 Å². The molecule has 2 aromatic carbocycles. The third kappa shape index (κ3) is 4.31. The summed E-state index contributed by atoms with van der Waals surface area (Å²) in [5.74, 6) is 0.708. The fourth-order valence-corrected chi connectivity index (χ4v) is 7.31. The van der Waals surface area contributed by atoms with Crippen LogP contribution in [0.2, 0.25) is 6.55 Å². The largest absolute Gasteiger partial charge is 0.405 e. The fourth-order valence-electron chi connectivity index (χ4n) is 4.13. The number of rotatable bonds is 8. The molecule has 1 aliphatic carbocycles. The Morgan fingerprint density at radius 3 is 2.16 bits per heavy atom. The highest BCUT2D eigenvalue weighted by molar-refractivity contribution is 6.96. The lowest BCUT2D eigenvalue weighted by Crippen LogP contribution is -2.60. The standard InChI is InChI=1S/C23H30OSi/c1-3-4-7-13-20-14-12-19-23(20)24-25(2,21-15-8-5-9-16-21)22-17-10-6-11-18-22/h3,5-6,8-11,15-18,20,23H,1,4,7,12-14,19H2,2H3. The van der Waals surface area contributed by atoms with E-state index in [9.17, 15) is 0 Å². The molecule has 1 aliphatic rings. The molecule has 2 aromatic rings. The Morgan fingerprint density at radius 1 is 1.00 bits per heavy atom. The van der Waals surface area contributed by atoms with E-state index in [4.69, 9.17) is 4.43 Å². The number of hydrogen-bond donors (Lipinski definition) is 0. The zero-order chi connectivity index (χ0) is 17.5. The van der Waals surface area contributed by atoms with Gasteiger partial charge in [-0.2, -0.15) is 0 Å². The molecule has 0 saturated heterocycles. The highest BCUT2D eigenvalue weighted by Crippen LogP contribution is 2.34. The molecule has 2 heteroatoms. The van der Waals surface area contributed by atoms with Crippen molar-refractivity contribution in [3.05, 3.63) is 73.3 Å². The molecular formula is C23H30OSi. The van der Waals surface area contributed by atoms with Crippen molar-refractivity contribution in [2.45, 2.75) is 51.2 Å². The van der Waals surface area contributed by atoms with Crippen LogP contribution in [-0.4, -0.2) is 14.4 Å². The van der Waals surface area contributed by atoms with Crippen molar-refractivity contribution in [3.8, 4) is 0 Å². The molecule has 2 atom stereocenters. The van der Waals surface area contributed by atoms with Gasteiger partial charge in [-0.25, -0.2) is 0 Å². The van der Waals surface area contributed by atoms with Crippen LogP contribution in [0, 0.1) is 5.92 Å². The highest BCUT2D eigenvalue weighted by Gasteiger charge is 2.39. The summed E-state index contributed by atoms with van der Waals surface area (Å²) < 4.78 is 7.03. The van der Waals surface area contributed by atoms with Crippen LogP contribution in [-0.2, 0) is 4.43 Å². The maximum Gasteiger partial charge on any atom is 0.253 e. The zero-order valence-electron chi connectivity index (χ0n) is 15.4. The normalized spacial score (nSPS) is 20.5. The number of unbranched alkanes of at least 4 members (excludes halogenated alkanes) is 1. The van der Waals surface area contributed by atoms with E-state index in [-0.39, 0.29) is 0 Å². The van der Waals surface area contributed by atoms with Gasteiger partial charge >= 0.3 is 0 Å². The molecule has 0 heterocycles. The van der Waals surface area contributed by atoms with Crippen molar-refractivity contribution >= 4 is 18.7 Å². The monoisotopic (exact) mass is 350 g/mol. The van der Waals surface area contributed by atoms with Gasteiger partial charge in [0, 0.05) is 6.10 Å².